The number of hydrogen-bond acceptors (Lipinski definition) is 3. The topological polar surface area (TPSA) is 46.6 Å². The van der Waals surface area contributed by atoms with Gasteiger partial charge in [-0.15, -0.1) is 0 Å². The van der Waals surface area contributed by atoms with Crippen molar-refractivity contribution in [1.82, 2.24) is 4.90 Å². The smallest absolute Gasteiger partial charge is 0.330 e. The molecule has 2 fully saturated rings. The fraction of sp³-hybridized carbons (Fsp3) is 0.394. The normalized spacial score (nSPS) is 20.2. The van der Waals surface area contributed by atoms with Gasteiger partial charge in [0.1, 0.15) is 6.04 Å². The molecule has 4 nitrogen and oxygen atoms in total. The third kappa shape index (κ3) is 5.37. The predicted octanol–water partition coefficient (Wildman–Crippen LogP) is 7.62. The van der Waals surface area contributed by atoms with Crippen molar-refractivity contribution in [3.8, 4) is 0 Å². The van der Waals surface area contributed by atoms with Gasteiger partial charge in [0.05, 0.1) is 0 Å². The van der Waals surface area contributed by atoms with Crippen molar-refractivity contribution in [2.75, 3.05) is 6.54 Å². The molecule has 1 heterocycles. The van der Waals surface area contributed by atoms with Gasteiger partial charge in [-0.2, -0.15) is 0 Å². The van der Waals surface area contributed by atoms with Gasteiger partial charge < -0.3 is 9.64 Å². The molecule has 0 bridgehead atoms. The molecule has 0 spiro atoms. The quantitative estimate of drug-likeness (QED) is 0.179. The number of carbonyl (C=O) groups is 2. The number of rotatable bonds is 7. The second-order valence-electron chi connectivity index (χ2n) is 10.6. The Morgan fingerprint density at radius 3 is 2.11 bits per heavy atom. The molecule has 0 aromatic heterocycles. The number of ether oxygens (including phenoxy) is 1. The summed E-state index contributed by atoms with van der Waals surface area (Å²) in [5, 5.41) is 0.520. The van der Waals surface area contributed by atoms with Crippen LogP contribution in [-0.4, -0.2) is 29.9 Å². The largest absolute Gasteiger partial charge is 0.443 e. The van der Waals surface area contributed by atoms with Crippen LogP contribution in [0.2, 0.25) is 5.02 Å². The van der Waals surface area contributed by atoms with Crippen LogP contribution in [0.1, 0.15) is 86.0 Å². The maximum Gasteiger partial charge on any atom is 0.330 e. The van der Waals surface area contributed by atoms with E-state index in [1.165, 1.54) is 50.5 Å². The van der Waals surface area contributed by atoms with Gasteiger partial charge >= 0.3 is 5.97 Å². The van der Waals surface area contributed by atoms with Gasteiger partial charge in [-0.1, -0.05) is 117 Å². The van der Waals surface area contributed by atoms with Crippen LogP contribution in [0.15, 0.2) is 78.9 Å². The highest BCUT2D eigenvalue weighted by Gasteiger charge is 2.45. The van der Waals surface area contributed by atoms with Crippen LogP contribution in [0.3, 0.4) is 0 Å². The van der Waals surface area contributed by atoms with Crippen LogP contribution < -0.4 is 0 Å². The van der Waals surface area contributed by atoms with Crippen LogP contribution in [-0.2, 0) is 19.9 Å². The highest BCUT2D eigenvalue weighted by molar-refractivity contribution is 6.31. The molecule has 2 aliphatic rings. The number of halogens is 1. The first-order valence-electron chi connectivity index (χ1n) is 14.0. The van der Waals surface area contributed by atoms with Crippen molar-refractivity contribution < 1.29 is 14.3 Å². The van der Waals surface area contributed by atoms with E-state index in [1.54, 1.807) is 4.90 Å². The van der Waals surface area contributed by atoms with Gasteiger partial charge in [0, 0.05) is 28.3 Å². The minimum atomic E-state index is -1.26. The van der Waals surface area contributed by atoms with Crippen LogP contribution in [0.4, 0.5) is 0 Å². The lowest BCUT2D eigenvalue weighted by Gasteiger charge is -2.37. The summed E-state index contributed by atoms with van der Waals surface area (Å²) in [6.45, 7) is 0.559. The maximum atomic E-state index is 13.8. The highest BCUT2D eigenvalue weighted by atomic mass is 35.5. The lowest BCUT2D eigenvalue weighted by molar-refractivity contribution is -0.160. The van der Waals surface area contributed by atoms with Crippen molar-refractivity contribution in [2.45, 2.75) is 75.3 Å². The Bertz CT molecular complexity index is 1220. The van der Waals surface area contributed by atoms with Gasteiger partial charge in [-0.3, -0.25) is 4.79 Å². The van der Waals surface area contributed by atoms with Crippen LogP contribution >= 0.6 is 11.6 Å². The standard InChI is InChI=1S/C33H36ClNO3/c34-30-17-10-9-16-29(30)33(27-14-7-4-8-15-27,38-32(37)31-18-11-23-35(31)24-36)28-21-19-26(20-22-28)25-12-5-2-1-3-6-13-25/h4,7-10,14-17,19-22,24-25,31H,1-3,5-6,11-13,18,23H2/t31-,33?/m0/s1. The first kappa shape index (κ1) is 26.5. The van der Waals surface area contributed by atoms with E-state index in [0.717, 1.165) is 24.0 Å². The Hall–Kier alpha value is -3.11. The lowest BCUT2D eigenvalue weighted by atomic mass is 9.78. The fourth-order valence-electron chi connectivity index (χ4n) is 6.24. The second-order valence-corrected chi connectivity index (χ2v) is 11.0. The minimum absolute atomic E-state index is 0.414. The molecule has 0 N–H and O–H groups in total. The number of benzene rings is 3. The molecule has 1 amide bonds. The molecule has 5 heteroatoms. The van der Waals surface area contributed by atoms with Gasteiger partial charge in [-0.05, 0) is 43.2 Å². The first-order valence-corrected chi connectivity index (χ1v) is 14.4. The number of carbonyl (C=O) groups excluding carboxylic acids is 2. The van der Waals surface area contributed by atoms with E-state index >= 15 is 0 Å². The Morgan fingerprint density at radius 2 is 1.42 bits per heavy atom. The van der Waals surface area contributed by atoms with E-state index in [9.17, 15) is 9.59 Å². The zero-order valence-corrected chi connectivity index (χ0v) is 22.6. The summed E-state index contributed by atoms with van der Waals surface area (Å²) in [6, 6.07) is 25.4. The van der Waals surface area contributed by atoms with Crippen molar-refractivity contribution in [2.24, 2.45) is 0 Å². The average Bonchev–Trinajstić information content (AvgIpc) is 3.42. The predicted molar refractivity (Wildman–Crippen MR) is 151 cm³/mol. The first-order chi connectivity index (χ1) is 18.6. The second kappa shape index (κ2) is 12.2. The summed E-state index contributed by atoms with van der Waals surface area (Å²) in [7, 11) is 0. The van der Waals surface area contributed by atoms with Gasteiger partial charge in [0.2, 0.25) is 6.41 Å². The molecule has 5 rings (SSSR count). The van der Waals surface area contributed by atoms with Crippen LogP contribution in [0.5, 0.6) is 0 Å². The van der Waals surface area contributed by atoms with E-state index in [1.807, 2.05) is 54.6 Å². The summed E-state index contributed by atoms with van der Waals surface area (Å²) in [6.07, 6.45) is 11.1. The molecule has 1 unspecified atom stereocenters. The Labute approximate surface area is 231 Å². The molecule has 0 radical (unpaired) electrons. The summed E-state index contributed by atoms with van der Waals surface area (Å²) in [4.78, 5) is 27.0. The zero-order chi connectivity index (χ0) is 26.4. The molecule has 2 atom stereocenters. The molecule has 1 saturated carbocycles. The number of likely N-dealkylation sites (tertiary alicyclic amines) is 1. The SMILES string of the molecule is O=CN1CCC[C@H]1C(=O)OC(c1ccccc1)(c1ccc(C2CCCCCCC2)cc1)c1ccccc1Cl. The van der Waals surface area contributed by atoms with E-state index in [0.29, 0.717) is 29.5 Å². The van der Waals surface area contributed by atoms with E-state index in [2.05, 4.69) is 24.3 Å². The van der Waals surface area contributed by atoms with E-state index in [-0.39, 0.29) is 0 Å². The van der Waals surface area contributed by atoms with E-state index < -0.39 is 17.6 Å². The molecule has 38 heavy (non-hydrogen) atoms. The zero-order valence-electron chi connectivity index (χ0n) is 21.9. The van der Waals surface area contributed by atoms with Gasteiger partial charge in [0.15, 0.2) is 5.60 Å². The summed E-state index contributed by atoms with van der Waals surface area (Å²) in [5.41, 5.74) is 2.45. The van der Waals surface area contributed by atoms with Gasteiger partial charge in [-0.25, -0.2) is 4.79 Å². The average molecular weight is 530 g/mol. The van der Waals surface area contributed by atoms with Gasteiger partial charge in [0.25, 0.3) is 0 Å². The number of nitrogens with zero attached hydrogens (tertiary/aromatic N) is 1. The number of hydrogen-bond donors (Lipinski definition) is 0. The van der Waals surface area contributed by atoms with Crippen LogP contribution in [0.25, 0.3) is 0 Å². The van der Waals surface area contributed by atoms with Crippen molar-refractivity contribution in [3.05, 3.63) is 106 Å². The molecular formula is C33H36ClNO3. The highest BCUT2D eigenvalue weighted by Crippen LogP contribution is 2.45. The Morgan fingerprint density at radius 1 is 0.789 bits per heavy atom. The number of amides is 1. The summed E-state index contributed by atoms with van der Waals surface area (Å²) >= 11 is 6.84. The lowest BCUT2D eigenvalue weighted by Crippen LogP contribution is -2.43. The summed E-state index contributed by atoms with van der Waals surface area (Å²) in [5.74, 6) is 0.139. The molecule has 3 aromatic carbocycles. The Balaban J connectivity index is 1.62. The maximum absolute atomic E-state index is 13.8. The molecule has 3 aromatic rings. The Kier molecular flexibility index (Phi) is 8.48. The molecule has 198 valence electrons. The molecule has 1 aliphatic carbocycles. The third-order valence-electron chi connectivity index (χ3n) is 8.28. The molecule has 1 saturated heterocycles. The molecular weight excluding hydrogens is 494 g/mol. The minimum Gasteiger partial charge on any atom is -0.443 e. The van der Waals surface area contributed by atoms with Crippen molar-refractivity contribution in [3.63, 3.8) is 0 Å². The fourth-order valence-corrected chi connectivity index (χ4v) is 6.51. The summed E-state index contributed by atoms with van der Waals surface area (Å²) < 4.78 is 6.59. The van der Waals surface area contributed by atoms with Crippen molar-refractivity contribution in [1.29, 1.82) is 0 Å². The van der Waals surface area contributed by atoms with Crippen molar-refractivity contribution >= 4 is 24.0 Å². The van der Waals surface area contributed by atoms with Crippen LogP contribution in [0, 0.1) is 0 Å². The monoisotopic (exact) mass is 529 g/mol. The van der Waals surface area contributed by atoms with E-state index in [4.69, 9.17) is 16.3 Å². The third-order valence-corrected chi connectivity index (χ3v) is 8.61. The molecule has 1 aliphatic heterocycles. The number of esters is 1.